The van der Waals surface area contributed by atoms with Crippen molar-refractivity contribution in [1.82, 2.24) is 14.5 Å². The molecule has 4 aromatic rings. The standard InChI is InChI=1S/C31H33N5O3/c1-21-7-10-23(11-8-21)36-17-15-35(16-18-36)14-13-29-33-26-19-22(9-12-27(26)34(29)2)32-30(37)20-28-24-5-3-4-6-25(24)31(38)39-28/h3-12,19,28H,13-18,20H2,1-2H3,(H,32,37). The maximum absolute atomic E-state index is 12.8. The summed E-state index contributed by atoms with van der Waals surface area (Å²) in [6.45, 7) is 7.21. The Morgan fingerprint density at radius 3 is 2.59 bits per heavy atom. The van der Waals surface area contributed by atoms with Crippen molar-refractivity contribution in [3.8, 4) is 0 Å². The van der Waals surface area contributed by atoms with E-state index < -0.39 is 6.10 Å². The van der Waals surface area contributed by atoms with E-state index >= 15 is 0 Å². The van der Waals surface area contributed by atoms with Crippen LogP contribution in [0.25, 0.3) is 11.0 Å². The van der Waals surface area contributed by atoms with E-state index in [0.29, 0.717) is 11.3 Å². The molecule has 1 fully saturated rings. The number of rotatable bonds is 7. The number of aromatic nitrogens is 2. The fourth-order valence-corrected chi connectivity index (χ4v) is 5.55. The van der Waals surface area contributed by atoms with Crippen molar-refractivity contribution < 1.29 is 14.3 Å². The molecule has 0 saturated carbocycles. The summed E-state index contributed by atoms with van der Waals surface area (Å²) in [7, 11) is 2.05. The molecule has 39 heavy (non-hydrogen) atoms. The first-order valence-electron chi connectivity index (χ1n) is 13.5. The fraction of sp³-hybridized carbons (Fsp3) is 0.323. The van der Waals surface area contributed by atoms with Crippen LogP contribution in [0, 0.1) is 6.92 Å². The van der Waals surface area contributed by atoms with Gasteiger partial charge in [-0.1, -0.05) is 35.9 Å². The maximum atomic E-state index is 12.8. The molecule has 1 amide bonds. The van der Waals surface area contributed by atoms with Crippen molar-refractivity contribution in [2.45, 2.75) is 25.9 Å². The summed E-state index contributed by atoms with van der Waals surface area (Å²) in [5.74, 6) is 0.452. The Balaban J connectivity index is 1.05. The average molecular weight is 524 g/mol. The minimum atomic E-state index is -0.558. The van der Waals surface area contributed by atoms with Crippen molar-refractivity contribution in [1.29, 1.82) is 0 Å². The Hall–Kier alpha value is -4.17. The van der Waals surface area contributed by atoms with Gasteiger partial charge in [-0.15, -0.1) is 0 Å². The van der Waals surface area contributed by atoms with E-state index in [2.05, 4.69) is 50.9 Å². The molecule has 0 spiro atoms. The minimum Gasteiger partial charge on any atom is -0.453 e. The van der Waals surface area contributed by atoms with Crippen molar-refractivity contribution in [3.63, 3.8) is 0 Å². The number of esters is 1. The van der Waals surface area contributed by atoms with Crippen LogP contribution in [-0.2, 0) is 23.0 Å². The van der Waals surface area contributed by atoms with Crippen molar-refractivity contribution >= 4 is 34.3 Å². The highest BCUT2D eigenvalue weighted by atomic mass is 16.5. The van der Waals surface area contributed by atoms with Crippen LogP contribution in [0.2, 0.25) is 0 Å². The normalized spacial score (nSPS) is 17.3. The number of nitrogens with one attached hydrogen (secondary N) is 1. The van der Waals surface area contributed by atoms with Crippen LogP contribution < -0.4 is 10.2 Å². The Morgan fingerprint density at radius 1 is 1.03 bits per heavy atom. The molecule has 8 heteroatoms. The highest BCUT2D eigenvalue weighted by molar-refractivity contribution is 5.97. The van der Waals surface area contributed by atoms with Gasteiger partial charge in [0.05, 0.1) is 23.0 Å². The average Bonchev–Trinajstić information content (AvgIpc) is 3.43. The van der Waals surface area contributed by atoms with E-state index in [0.717, 1.165) is 61.6 Å². The summed E-state index contributed by atoms with van der Waals surface area (Å²) < 4.78 is 7.55. The molecule has 0 bridgehead atoms. The quantitative estimate of drug-likeness (QED) is 0.360. The molecule has 0 radical (unpaired) electrons. The number of piperazine rings is 1. The lowest BCUT2D eigenvalue weighted by molar-refractivity contribution is -0.118. The first kappa shape index (κ1) is 25.1. The summed E-state index contributed by atoms with van der Waals surface area (Å²) in [5, 5.41) is 2.95. The van der Waals surface area contributed by atoms with E-state index in [1.54, 1.807) is 12.1 Å². The van der Waals surface area contributed by atoms with E-state index in [4.69, 9.17) is 9.72 Å². The lowest BCUT2D eigenvalue weighted by Crippen LogP contribution is -2.47. The second kappa shape index (κ2) is 10.5. The molecule has 1 N–H and O–H groups in total. The molecule has 2 aliphatic heterocycles. The zero-order chi connectivity index (χ0) is 26.9. The number of fused-ring (bicyclic) bond motifs is 2. The number of carbonyl (C=O) groups excluding carboxylic acids is 2. The second-order valence-corrected chi connectivity index (χ2v) is 10.4. The topological polar surface area (TPSA) is 79.7 Å². The third-order valence-corrected chi connectivity index (χ3v) is 7.83. The summed E-state index contributed by atoms with van der Waals surface area (Å²) in [5.41, 5.74) is 6.45. The highest BCUT2D eigenvalue weighted by Gasteiger charge is 2.32. The van der Waals surface area contributed by atoms with Gasteiger partial charge in [0.25, 0.3) is 0 Å². The number of carbonyl (C=O) groups is 2. The van der Waals surface area contributed by atoms with Crippen LogP contribution in [0.1, 0.15) is 39.8 Å². The molecule has 3 heterocycles. The number of ether oxygens (including phenoxy) is 1. The number of hydrogen-bond acceptors (Lipinski definition) is 6. The van der Waals surface area contributed by atoms with E-state index in [-0.39, 0.29) is 18.3 Å². The highest BCUT2D eigenvalue weighted by Crippen LogP contribution is 2.33. The predicted molar refractivity (Wildman–Crippen MR) is 152 cm³/mol. The van der Waals surface area contributed by atoms with Crippen LogP contribution in [-0.4, -0.2) is 59.1 Å². The Morgan fingerprint density at radius 2 is 1.79 bits per heavy atom. The van der Waals surface area contributed by atoms with Crippen LogP contribution >= 0.6 is 0 Å². The number of hydrogen-bond donors (Lipinski definition) is 1. The molecule has 1 unspecified atom stereocenters. The van der Waals surface area contributed by atoms with E-state index in [1.807, 2.05) is 37.4 Å². The van der Waals surface area contributed by atoms with Gasteiger partial charge in [-0.2, -0.15) is 0 Å². The van der Waals surface area contributed by atoms with Gasteiger partial charge in [0, 0.05) is 63.1 Å². The first-order valence-corrected chi connectivity index (χ1v) is 13.5. The Kier molecular flexibility index (Phi) is 6.79. The lowest BCUT2D eigenvalue weighted by atomic mass is 10.0. The van der Waals surface area contributed by atoms with Gasteiger partial charge in [0.15, 0.2) is 0 Å². The molecule has 2 aliphatic rings. The summed E-state index contributed by atoms with van der Waals surface area (Å²) in [6, 6.07) is 21.8. The molecule has 1 atom stereocenters. The monoisotopic (exact) mass is 523 g/mol. The molecular formula is C31H33N5O3. The minimum absolute atomic E-state index is 0.0748. The third kappa shape index (κ3) is 5.25. The number of aryl methyl sites for hydroxylation is 2. The number of imidazole rings is 1. The SMILES string of the molecule is Cc1ccc(N2CCN(CCc3nc4cc(NC(=O)CC5OC(=O)c6ccccc65)ccc4n3C)CC2)cc1. The first-order chi connectivity index (χ1) is 18.9. The summed E-state index contributed by atoms with van der Waals surface area (Å²) >= 11 is 0. The van der Waals surface area contributed by atoms with Gasteiger partial charge >= 0.3 is 5.97 Å². The number of benzene rings is 3. The lowest BCUT2D eigenvalue weighted by Gasteiger charge is -2.36. The largest absolute Gasteiger partial charge is 0.453 e. The Labute approximate surface area is 228 Å². The predicted octanol–water partition coefficient (Wildman–Crippen LogP) is 4.49. The Bertz CT molecular complexity index is 1520. The number of anilines is 2. The molecule has 3 aromatic carbocycles. The maximum Gasteiger partial charge on any atom is 0.339 e. The van der Waals surface area contributed by atoms with Gasteiger partial charge < -0.3 is 19.5 Å². The van der Waals surface area contributed by atoms with Crippen LogP contribution in [0.4, 0.5) is 11.4 Å². The second-order valence-electron chi connectivity index (χ2n) is 10.4. The summed E-state index contributed by atoms with van der Waals surface area (Å²) in [6.07, 6.45) is 0.382. The smallest absolute Gasteiger partial charge is 0.339 e. The molecule has 1 saturated heterocycles. The van der Waals surface area contributed by atoms with Crippen LogP contribution in [0.5, 0.6) is 0 Å². The van der Waals surface area contributed by atoms with E-state index in [1.165, 1.54) is 11.3 Å². The van der Waals surface area contributed by atoms with Crippen molar-refractivity contribution in [2.75, 3.05) is 42.9 Å². The molecule has 0 aliphatic carbocycles. The summed E-state index contributed by atoms with van der Waals surface area (Å²) in [4.78, 5) is 34.7. The molecule has 200 valence electrons. The molecule has 8 nitrogen and oxygen atoms in total. The third-order valence-electron chi connectivity index (χ3n) is 7.83. The molecular weight excluding hydrogens is 490 g/mol. The fourth-order valence-electron chi connectivity index (χ4n) is 5.55. The zero-order valence-electron chi connectivity index (χ0n) is 22.4. The van der Waals surface area contributed by atoms with Crippen LogP contribution in [0.3, 0.4) is 0 Å². The van der Waals surface area contributed by atoms with E-state index in [9.17, 15) is 9.59 Å². The van der Waals surface area contributed by atoms with Gasteiger partial charge in [-0.05, 0) is 43.3 Å². The van der Waals surface area contributed by atoms with Gasteiger partial charge in [-0.25, -0.2) is 9.78 Å². The number of cyclic esters (lactones) is 1. The van der Waals surface area contributed by atoms with Gasteiger partial charge in [0.1, 0.15) is 11.9 Å². The van der Waals surface area contributed by atoms with Crippen molar-refractivity contribution in [3.05, 3.63) is 89.2 Å². The number of nitrogens with zero attached hydrogens (tertiary/aromatic N) is 4. The van der Waals surface area contributed by atoms with Crippen molar-refractivity contribution in [2.24, 2.45) is 7.05 Å². The number of amides is 1. The van der Waals surface area contributed by atoms with Gasteiger partial charge in [-0.3, -0.25) is 9.69 Å². The molecule has 6 rings (SSSR count). The van der Waals surface area contributed by atoms with Gasteiger partial charge in [0.2, 0.25) is 5.91 Å². The molecule has 1 aromatic heterocycles. The van der Waals surface area contributed by atoms with Crippen LogP contribution in [0.15, 0.2) is 66.7 Å². The zero-order valence-corrected chi connectivity index (χ0v) is 22.4.